The topological polar surface area (TPSA) is 46.5 Å². The maximum atomic E-state index is 11.7. The summed E-state index contributed by atoms with van der Waals surface area (Å²) in [6.45, 7) is 9.97. The van der Waals surface area contributed by atoms with Crippen LogP contribution in [-0.2, 0) is 9.53 Å². The van der Waals surface area contributed by atoms with E-state index >= 15 is 0 Å². The Morgan fingerprint density at radius 1 is 1.39 bits per heavy atom. The number of aliphatic hydroxyl groups is 1. The Morgan fingerprint density at radius 3 is 2.83 bits per heavy atom. The van der Waals surface area contributed by atoms with Crippen molar-refractivity contribution in [3.05, 3.63) is 36.0 Å². The van der Waals surface area contributed by atoms with Crippen LogP contribution < -0.4 is 0 Å². The molecule has 1 N–H and O–H groups in total. The smallest absolute Gasteiger partial charge is 0.334 e. The Balaban J connectivity index is 2.05. The predicted molar refractivity (Wildman–Crippen MR) is 67.6 cm³/mol. The van der Waals surface area contributed by atoms with Crippen LogP contribution in [0, 0.1) is 17.8 Å². The van der Waals surface area contributed by atoms with E-state index in [-0.39, 0.29) is 23.9 Å². The maximum Gasteiger partial charge on any atom is 0.334 e. The highest BCUT2D eigenvalue weighted by Gasteiger charge is 2.52. The number of rotatable bonds is 0. The van der Waals surface area contributed by atoms with Crippen LogP contribution >= 0.6 is 0 Å². The van der Waals surface area contributed by atoms with Gasteiger partial charge in [-0.2, -0.15) is 0 Å². The highest BCUT2D eigenvalue weighted by Crippen LogP contribution is 2.50. The van der Waals surface area contributed by atoms with E-state index < -0.39 is 6.10 Å². The Hall–Kier alpha value is -1.35. The number of fused-ring (bicyclic) bond motifs is 3. The molecule has 1 saturated carbocycles. The molecule has 1 heterocycles. The Labute approximate surface area is 107 Å². The highest BCUT2D eigenvalue weighted by atomic mass is 16.6. The molecule has 2 aliphatic carbocycles. The number of esters is 1. The van der Waals surface area contributed by atoms with E-state index in [0.717, 1.165) is 12.0 Å². The summed E-state index contributed by atoms with van der Waals surface area (Å²) >= 11 is 0. The molecule has 1 saturated heterocycles. The van der Waals surface area contributed by atoms with Gasteiger partial charge in [0.2, 0.25) is 0 Å². The zero-order chi connectivity index (χ0) is 13.0. The number of hydrogen-bond donors (Lipinski definition) is 1. The molecule has 3 aliphatic rings. The fourth-order valence-electron chi connectivity index (χ4n) is 3.72. The number of ether oxygens (including phenoxy) is 1. The van der Waals surface area contributed by atoms with Crippen molar-refractivity contribution in [2.24, 2.45) is 17.8 Å². The van der Waals surface area contributed by atoms with Crippen LogP contribution in [0.3, 0.4) is 0 Å². The highest BCUT2D eigenvalue weighted by molar-refractivity contribution is 5.91. The molecule has 3 rings (SSSR count). The zero-order valence-electron chi connectivity index (χ0n) is 10.6. The third-order valence-electron chi connectivity index (χ3n) is 4.68. The quantitative estimate of drug-likeness (QED) is 0.404. The van der Waals surface area contributed by atoms with Gasteiger partial charge >= 0.3 is 5.97 Å². The lowest BCUT2D eigenvalue weighted by atomic mass is 9.80. The second kappa shape index (κ2) is 3.82. The van der Waals surface area contributed by atoms with Crippen molar-refractivity contribution in [2.75, 3.05) is 0 Å². The molecule has 0 spiro atoms. The summed E-state index contributed by atoms with van der Waals surface area (Å²) in [4.78, 5) is 11.7. The number of hydrogen-bond acceptors (Lipinski definition) is 3. The van der Waals surface area contributed by atoms with Gasteiger partial charge in [-0.25, -0.2) is 4.79 Å². The van der Waals surface area contributed by atoms with Crippen molar-refractivity contribution in [1.82, 2.24) is 0 Å². The van der Waals surface area contributed by atoms with Crippen molar-refractivity contribution in [3.63, 3.8) is 0 Å². The largest absolute Gasteiger partial charge is 0.458 e. The van der Waals surface area contributed by atoms with Crippen LogP contribution in [0.5, 0.6) is 0 Å². The van der Waals surface area contributed by atoms with Gasteiger partial charge in [0.15, 0.2) is 0 Å². The molecule has 2 fully saturated rings. The minimum absolute atomic E-state index is 0.169. The molecule has 0 bridgehead atoms. The molecule has 0 radical (unpaired) electrons. The lowest BCUT2D eigenvalue weighted by molar-refractivity contribution is -0.141. The van der Waals surface area contributed by atoms with Gasteiger partial charge in [-0.1, -0.05) is 30.4 Å². The van der Waals surface area contributed by atoms with Crippen molar-refractivity contribution in [2.45, 2.75) is 32.0 Å². The molecule has 0 unspecified atom stereocenters. The lowest BCUT2D eigenvalue weighted by Crippen LogP contribution is -2.33. The molecule has 0 aromatic rings. The van der Waals surface area contributed by atoms with E-state index in [0.29, 0.717) is 17.9 Å². The second-order valence-corrected chi connectivity index (χ2v) is 5.67. The molecule has 3 nitrogen and oxygen atoms in total. The van der Waals surface area contributed by atoms with Gasteiger partial charge < -0.3 is 9.84 Å². The van der Waals surface area contributed by atoms with E-state index in [1.165, 1.54) is 5.57 Å². The first kappa shape index (κ1) is 11.7. The van der Waals surface area contributed by atoms with Crippen LogP contribution in [0.2, 0.25) is 0 Å². The maximum absolute atomic E-state index is 11.7. The third-order valence-corrected chi connectivity index (χ3v) is 4.68. The normalized spacial score (nSPS) is 43.1. The molecule has 0 aromatic heterocycles. The summed E-state index contributed by atoms with van der Waals surface area (Å²) in [6, 6.07) is 0. The monoisotopic (exact) mass is 246 g/mol. The van der Waals surface area contributed by atoms with Gasteiger partial charge in [0.25, 0.3) is 0 Å². The fourth-order valence-corrected chi connectivity index (χ4v) is 3.72. The van der Waals surface area contributed by atoms with E-state index in [4.69, 9.17) is 4.74 Å². The first-order valence-electron chi connectivity index (χ1n) is 6.43. The van der Waals surface area contributed by atoms with Crippen LogP contribution in [-0.4, -0.2) is 23.3 Å². The number of allylic oxidation sites excluding steroid dienone is 1. The fraction of sp³-hybridized carbons (Fsp3) is 0.533. The average molecular weight is 246 g/mol. The summed E-state index contributed by atoms with van der Waals surface area (Å²) < 4.78 is 5.48. The minimum atomic E-state index is -0.597. The molecule has 0 amide bonds. The van der Waals surface area contributed by atoms with E-state index in [1.807, 2.05) is 0 Å². The number of carbonyl (C=O) groups excluding carboxylic acids is 1. The van der Waals surface area contributed by atoms with Crippen LogP contribution in [0.4, 0.5) is 0 Å². The molecular weight excluding hydrogens is 228 g/mol. The number of carbonyl (C=O) groups is 1. The first-order valence-corrected chi connectivity index (χ1v) is 6.43. The van der Waals surface area contributed by atoms with Crippen molar-refractivity contribution in [3.8, 4) is 0 Å². The van der Waals surface area contributed by atoms with Gasteiger partial charge in [-0.3, -0.25) is 0 Å². The zero-order valence-corrected chi connectivity index (χ0v) is 10.6. The van der Waals surface area contributed by atoms with Gasteiger partial charge in [0, 0.05) is 11.5 Å². The molecule has 96 valence electrons. The van der Waals surface area contributed by atoms with Gasteiger partial charge in [-0.15, -0.1) is 0 Å². The Kier molecular flexibility index (Phi) is 2.49. The average Bonchev–Trinajstić information content (AvgIpc) is 2.77. The van der Waals surface area contributed by atoms with Gasteiger partial charge in [-0.05, 0) is 25.7 Å². The van der Waals surface area contributed by atoms with Crippen LogP contribution in [0.15, 0.2) is 36.0 Å². The van der Waals surface area contributed by atoms with Crippen molar-refractivity contribution in [1.29, 1.82) is 0 Å². The lowest BCUT2D eigenvalue weighted by Gasteiger charge is -2.27. The van der Waals surface area contributed by atoms with Gasteiger partial charge in [0.05, 0.1) is 12.0 Å². The first-order chi connectivity index (χ1) is 8.50. The molecule has 5 atom stereocenters. The molecule has 3 heteroatoms. The predicted octanol–water partition coefficient (Wildman–Crippen LogP) is 1.99. The van der Waals surface area contributed by atoms with Crippen molar-refractivity contribution >= 4 is 5.97 Å². The molecule has 18 heavy (non-hydrogen) atoms. The standard InChI is InChI=1S/C15H18O3/c1-7-4-5-10-8(2)6-11(16)13-9(3)15(17)18-14(13)12(7)10/h4,10-14,16H,2-3,5-6H2,1H3/t10-,11-,12-,13+,14+/m0/s1. The molecule has 1 aliphatic heterocycles. The van der Waals surface area contributed by atoms with Crippen LogP contribution in [0.1, 0.15) is 19.8 Å². The Bertz CT molecular complexity index is 474. The molecular formula is C15H18O3. The third kappa shape index (κ3) is 1.43. The summed E-state index contributed by atoms with van der Waals surface area (Å²) in [5, 5.41) is 10.3. The van der Waals surface area contributed by atoms with E-state index in [1.54, 1.807) is 0 Å². The number of aliphatic hydroxyl groups excluding tert-OH is 1. The summed E-state index contributed by atoms with van der Waals surface area (Å²) in [7, 11) is 0. The van der Waals surface area contributed by atoms with Crippen molar-refractivity contribution < 1.29 is 14.6 Å². The summed E-state index contributed by atoms with van der Waals surface area (Å²) in [5.41, 5.74) is 2.73. The minimum Gasteiger partial charge on any atom is -0.458 e. The SMILES string of the molecule is C=C1C(=O)O[C@@H]2[C@H]3C(C)=CC[C@H]3C(=C)C[C@H](O)[C@@H]12. The van der Waals surface area contributed by atoms with Crippen LogP contribution in [0.25, 0.3) is 0 Å². The summed E-state index contributed by atoms with van der Waals surface area (Å²) in [6.07, 6.45) is 2.82. The van der Waals surface area contributed by atoms with E-state index in [2.05, 4.69) is 26.2 Å². The van der Waals surface area contributed by atoms with Gasteiger partial charge in [0.1, 0.15) is 6.10 Å². The Morgan fingerprint density at radius 2 is 2.11 bits per heavy atom. The second-order valence-electron chi connectivity index (χ2n) is 5.67. The molecule has 0 aromatic carbocycles. The summed E-state index contributed by atoms with van der Waals surface area (Å²) in [5.74, 6) is -0.156. The van der Waals surface area contributed by atoms with E-state index in [9.17, 15) is 9.90 Å².